The van der Waals surface area contributed by atoms with Gasteiger partial charge in [-0.3, -0.25) is 19.3 Å². The Bertz CT molecular complexity index is 765. The van der Waals surface area contributed by atoms with Crippen LogP contribution in [0.15, 0.2) is 0 Å². The SMILES string of the molecule is CCN1CCCC1CNC(=O)[C@H](CC(C)C)N1CC[C@@]2(CCCN2C(=O)CCC2CCCC2)C1=O. The first-order chi connectivity index (χ1) is 16.9. The van der Waals surface area contributed by atoms with Gasteiger partial charge >= 0.3 is 0 Å². The van der Waals surface area contributed by atoms with Crippen LogP contribution in [0.4, 0.5) is 0 Å². The molecule has 0 aromatic carbocycles. The average Bonchev–Trinajstić information content (AvgIpc) is 3.63. The van der Waals surface area contributed by atoms with Gasteiger partial charge in [-0.25, -0.2) is 0 Å². The van der Waals surface area contributed by atoms with Crippen molar-refractivity contribution in [3.63, 3.8) is 0 Å². The van der Waals surface area contributed by atoms with Gasteiger partial charge in [-0.1, -0.05) is 46.5 Å². The maximum Gasteiger partial charge on any atom is 0.249 e. The van der Waals surface area contributed by atoms with Crippen molar-refractivity contribution < 1.29 is 14.4 Å². The van der Waals surface area contributed by atoms with Gasteiger partial charge in [0.1, 0.15) is 11.6 Å². The average molecular weight is 489 g/mol. The second kappa shape index (κ2) is 11.6. The monoisotopic (exact) mass is 488 g/mol. The Hall–Kier alpha value is -1.63. The Balaban J connectivity index is 1.41. The predicted octanol–water partition coefficient (Wildman–Crippen LogP) is 3.57. The third kappa shape index (κ3) is 5.70. The number of nitrogens with one attached hydrogen (secondary N) is 1. The zero-order valence-corrected chi connectivity index (χ0v) is 22.4. The van der Waals surface area contributed by atoms with E-state index in [0.717, 1.165) is 38.8 Å². The van der Waals surface area contributed by atoms with Crippen LogP contribution in [-0.4, -0.2) is 82.8 Å². The summed E-state index contributed by atoms with van der Waals surface area (Å²) in [7, 11) is 0. The lowest BCUT2D eigenvalue weighted by atomic mass is 9.93. The molecule has 3 saturated heterocycles. The molecule has 3 heterocycles. The van der Waals surface area contributed by atoms with Crippen molar-refractivity contribution in [1.29, 1.82) is 0 Å². The molecule has 35 heavy (non-hydrogen) atoms. The minimum Gasteiger partial charge on any atom is -0.353 e. The first-order valence-corrected chi connectivity index (χ1v) is 14.5. The molecule has 198 valence electrons. The molecule has 1 saturated carbocycles. The number of hydrogen-bond donors (Lipinski definition) is 1. The van der Waals surface area contributed by atoms with Crippen LogP contribution in [0.2, 0.25) is 0 Å². The minimum absolute atomic E-state index is 0.0149. The summed E-state index contributed by atoms with van der Waals surface area (Å²) in [6, 6.07) is -0.0542. The molecule has 4 fully saturated rings. The number of rotatable bonds is 10. The fourth-order valence-corrected chi connectivity index (χ4v) is 7.27. The lowest BCUT2D eigenvalue weighted by Gasteiger charge is -2.35. The van der Waals surface area contributed by atoms with Crippen LogP contribution in [0.1, 0.15) is 97.8 Å². The molecule has 0 bridgehead atoms. The Morgan fingerprint density at radius 2 is 1.80 bits per heavy atom. The first kappa shape index (κ1) is 26.4. The van der Waals surface area contributed by atoms with E-state index < -0.39 is 11.6 Å². The highest BCUT2D eigenvalue weighted by Crippen LogP contribution is 2.41. The van der Waals surface area contributed by atoms with Crippen LogP contribution < -0.4 is 5.32 Å². The standard InChI is InChI=1S/C28H48N4O3/c1-4-30-16-7-11-23(30)20-29-26(34)24(19-21(2)3)31-18-15-28(27(31)35)14-8-17-32(28)25(33)13-12-22-9-5-6-10-22/h21-24H,4-20H2,1-3H3,(H,29,34)/t23?,24-,28-/m0/s1. The van der Waals surface area contributed by atoms with Gasteiger partial charge in [0.25, 0.3) is 0 Å². The number of nitrogens with zero attached hydrogens (tertiary/aromatic N) is 3. The van der Waals surface area contributed by atoms with E-state index in [9.17, 15) is 14.4 Å². The van der Waals surface area contributed by atoms with E-state index in [1.165, 1.54) is 32.1 Å². The number of hydrogen-bond acceptors (Lipinski definition) is 4. The maximum absolute atomic E-state index is 13.9. The van der Waals surface area contributed by atoms with E-state index in [1.54, 1.807) is 0 Å². The summed E-state index contributed by atoms with van der Waals surface area (Å²) in [5, 5.41) is 3.20. The fourth-order valence-electron chi connectivity index (χ4n) is 7.27. The summed E-state index contributed by atoms with van der Waals surface area (Å²) in [5.74, 6) is 1.12. The number of likely N-dealkylation sites (tertiary alicyclic amines) is 3. The Morgan fingerprint density at radius 1 is 1.03 bits per heavy atom. The van der Waals surface area contributed by atoms with Crippen molar-refractivity contribution in [2.75, 3.05) is 32.7 Å². The fraction of sp³-hybridized carbons (Fsp3) is 0.893. The smallest absolute Gasteiger partial charge is 0.249 e. The van der Waals surface area contributed by atoms with Gasteiger partial charge in [0.2, 0.25) is 17.7 Å². The molecule has 1 aliphatic carbocycles. The molecule has 0 aromatic rings. The normalized spacial score (nSPS) is 28.7. The van der Waals surface area contributed by atoms with Crippen molar-refractivity contribution in [2.24, 2.45) is 11.8 Å². The molecule has 7 nitrogen and oxygen atoms in total. The molecule has 1 N–H and O–H groups in total. The molecule has 0 aromatic heterocycles. The first-order valence-electron chi connectivity index (χ1n) is 14.5. The third-order valence-electron chi connectivity index (χ3n) is 9.25. The molecular formula is C28H48N4O3. The van der Waals surface area contributed by atoms with Crippen LogP contribution >= 0.6 is 0 Å². The zero-order chi connectivity index (χ0) is 25.0. The highest BCUT2D eigenvalue weighted by Gasteiger charge is 2.56. The largest absolute Gasteiger partial charge is 0.353 e. The van der Waals surface area contributed by atoms with Crippen molar-refractivity contribution in [2.45, 2.75) is 115 Å². The molecule has 3 amide bonds. The van der Waals surface area contributed by atoms with Gasteiger partial charge in [0, 0.05) is 32.1 Å². The van der Waals surface area contributed by atoms with E-state index in [1.807, 2.05) is 9.80 Å². The van der Waals surface area contributed by atoms with Gasteiger partial charge in [0.05, 0.1) is 0 Å². The van der Waals surface area contributed by atoms with E-state index in [-0.39, 0.29) is 17.7 Å². The topological polar surface area (TPSA) is 73.0 Å². The van der Waals surface area contributed by atoms with Gasteiger partial charge in [-0.15, -0.1) is 0 Å². The van der Waals surface area contributed by atoms with Crippen molar-refractivity contribution in [1.82, 2.24) is 20.0 Å². The number of carbonyl (C=O) groups excluding carboxylic acids is 3. The lowest BCUT2D eigenvalue weighted by Crippen LogP contribution is -2.56. The van der Waals surface area contributed by atoms with E-state index >= 15 is 0 Å². The van der Waals surface area contributed by atoms with E-state index in [4.69, 9.17) is 0 Å². The predicted molar refractivity (Wildman–Crippen MR) is 138 cm³/mol. The highest BCUT2D eigenvalue weighted by atomic mass is 16.2. The van der Waals surface area contributed by atoms with Crippen LogP contribution in [0.5, 0.6) is 0 Å². The molecule has 4 aliphatic rings. The molecule has 3 aliphatic heterocycles. The summed E-state index contributed by atoms with van der Waals surface area (Å²) in [6.07, 6.45) is 11.8. The number of amides is 3. The van der Waals surface area contributed by atoms with Crippen LogP contribution in [0.25, 0.3) is 0 Å². The molecule has 0 radical (unpaired) electrons. The van der Waals surface area contributed by atoms with Crippen molar-refractivity contribution in [3.8, 4) is 0 Å². The molecule has 1 unspecified atom stereocenters. The molecule has 7 heteroatoms. The Labute approximate surface area is 212 Å². The summed E-state index contributed by atoms with van der Waals surface area (Å²) < 4.78 is 0. The van der Waals surface area contributed by atoms with Gasteiger partial charge in [-0.2, -0.15) is 0 Å². The third-order valence-corrected chi connectivity index (χ3v) is 9.25. The van der Waals surface area contributed by atoms with Crippen LogP contribution in [-0.2, 0) is 14.4 Å². The second-order valence-electron chi connectivity index (χ2n) is 11.9. The van der Waals surface area contributed by atoms with Crippen molar-refractivity contribution in [3.05, 3.63) is 0 Å². The summed E-state index contributed by atoms with van der Waals surface area (Å²) in [5.41, 5.74) is -0.716. The molecular weight excluding hydrogens is 440 g/mol. The second-order valence-corrected chi connectivity index (χ2v) is 11.9. The summed E-state index contributed by atoms with van der Waals surface area (Å²) in [4.78, 5) is 46.8. The van der Waals surface area contributed by atoms with Gasteiger partial charge < -0.3 is 15.1 Å². The lowest BCUT2D eigenvalue weighted by molar-refractivity contribution is -0.149. The van der Waals surface area contributed by atoms with Gasteiger partial charge in [0.15, 0.2) is 0 Å². The quantitative estimate of drug-likeness (QED) is 0.510. The van der Waals surface area contributed by atoms with E-state index in [2.05, 4.69) is 31.0 Å². The highest BCUT2D eigenvalue weighted by molar-refractivity contribution is 5.97. The number of carbonyl (C=O) groups is 3. The molecule has 3 atom stereocenters. The number of likely N-dealkylation sites (N-methyl/N-ethyl adjacent to an activating group) is 1. The van der Waals surface area contributed by atoms with Crippen LogP contribution in [0.3, 0.4) is 0 Å². The van der Waals surface area contributed by atoms with E-state index in [0.29, 0.717) is 56.8 Å². The summed E-state index contributed by atoms with van der Waals surface area (Å²) in [6.45, 7) is 10.4. The maximum atomic E-state index is 13.9. The molecule has 1 spiro atoms. The Kier molecular flexibility index (Phi) is 8.77. The van der Waals surface area contributed by atoms with Gasteiger partial charge in [-0.05, 0) is 69.9 Å². The zero-order valence-electron chi connectivity index (χ0n) is 22.4. The Morgan fingerprint density at radius 3 is 2.51 bits per heavy atom. The minimum atomic E-state index is -0.716. The summed E-state index contributed by atoms with van der Waals surface area (Å²) >= 11 is 0. The van der Waals surface area contributed by atoms with Crippen LogP contribution in [0, 0.1) is 11.8 Å². The molecule has 4 rings (SSSR count). The van der Waals surface area contributed by atoms with Crippen molar-refractivity contribution >= 4 is 17.7 Å².